The first-order chi connectivity index (χ1) is 12.7. The van der Waals surface area contributed by atoms with E-state index in [1.165, 1.54) is 12.1 Å². The van der Waals surface area contributed by atoms with Crippen molar-refractivity contribution in [3.8, 4) is 5.75 Å². The van der Waals surface area contributed by atoms with Crippen molar-refractivity contribution in [2.24, 2.45) is 11.7 Å². The van der Waals surface area contributed by atoms with Gasteiger partial charge in [-0.25, -0.2) is 13.1 Å². The fraction of sp³-hybridized carbons (Fsp3) is 0.556. The lowest BCUT2D eigenvalue weighted by atomic mass is 9.96. The molecule has 1 aromatic rings. The topological polar surface area (TPSA) is 119 Å². The third-order valence-corrected chi connectivity index (χ3v) is 6.04. The second-order valence-electron chi connectivity index (χ2n) is 6.84. The van der Waals surface area contributed by atoms with E-state index in [0.29, 0.717) is 32.5 Å². The van der Waals surface area contributed by atoms with Crippen LogP contribution in [0, 0.1) is 5.92 Å². The Hall–Kier alpha value is -2.13. The van der Waals surface area contributed by atoms with Crippen molar-refractivity contribution in [3.05, 3.63) is 23.8 Å². The van der Waals surface area contributed by atoms with E-state index in [0.717, 1.165) is 0 Å². The molecule has 0 atom stereocenters. The van der Waals surface area contributed by atoms with Crippen LogP contribution in [0.15, 0.2) is 23.1 Å². The highest BCUT2D eigenvalue weighted by atomic mass is 32.2. The number of rotatable bonds is 7. The van der Waals surface area contributed by atoms with Gasteiger partial charge < -0.3 is 15.4 Å². The number of carbonyl (C=O) groups excluding carboxylic acids is 2. The normalized spacial score (nSPS) is 15.8. The highest BCUT2D eigenvalue weighted by Gasteiger charge is 2.28. The van der Waals surface area contributed by atoms with Gasteiger partial charge >= 0.3 is 0 Å². The Morgan fingerprint density at radius 2 is 1.93 bits per heavy atom. The summed E-state index contributed by atoms with van der Waals surface area (Å²) in [5.41, 5.74) is 5.59. The van der Waals surface area contributed by atoms with Crippen LogP contribution in [0.1, 0.15) is 44.0 Å². The van der Waals surface area contributed by atoms with Crippen LogP contribution in [0.4, 0.5) is 0 Å². The lowest BCUT2D eigenvalue weighted by Gasteiger charge is -2.30. The molecule has 8 nitrogen and oxygen atoms in total. The summed E-state index contributed by atoms with van der Waals surface area (Å²) in [5.74, 6) is -0.645. The number of nitrogens with one attached hydrogen (secondary N) is 1. The number of nitrogens with zero attached hydrogens (tertiary/aromatic N) is 1. The summed E-state index contributed by atoms with van der Waals surface area (Å²) < 4.78 is 33.2. The third kappa shape index (κ3) is 5.20. The Morgan fingerprint density at radius 1 is 1.30 bits per heavy atom. The number of carbonyl (C=O) groups is 2. The summed E-state index contributed by atoms with van der Waals surface area (Å²) in [6.07, 6.45) is 1.02. The Morgan fingerprint density at radius 3 is 2.44 bits per heavy atom. The Bertz CT molecular complexity index is 799. The zero-order chi connectivity index (χ0) is 20.2. The van der Waals surface area contributed by atoms with Crippen molar-refractivity contribution in [2.75, 3.05) is 19.7 Å². The maximum Gasteiger partial charge on any atom is 0.253 e. The van der Waals surface area contributed by atoms with Gasteiger partial charge in [0.1, 0.15) is 10.6 Å². The van der Waals surface area contributed by atoms with Gasteiger partial charge in [-0.3, -0.25) is 9.59 Å². The standard InChI is InChI=1S/C18H27N3O5S/c1-4-26-15-6-5-14(11-16(15)27(24,25)20-12(2)3)18(23)21-9-7-13(8-10-21)17(19)22/h5-6,11-13,20H,4,7-10H2,1-3H3,(H2,19,22). The van der Waals surface area contributed by atoms with Gasteiger partial charge in [0.25, 0.3) is 5.91 Å². The summed E-state index contributed by atoms with van der Waals surface area (Å²) in [7, 11) is -3.83. The zero-order valence-electron chi connectivity index (χ0n) is 15.9. The van der Waals surface area contributed by atoms with E-state index in [1.807, 2.05) is 0 Å². The van der Waals surface area contributed by atoms with Gasteiger partial charge in [-0.05, 0) is 51.8 Å². The molecule has 1 fully saturated rings. The molecular weight excluding hydrogens is 370 g/mol. The number of sulfonamides is 1. The molecule has 0 aliphatic carbocycles. The van der Waals surface area contributed by atoms with E-state index in [-0.39, 0.29) is 40.0 Å². The van der Waals surface area contributed by atoms with E-state index in [2.05, 4.69) is 4.72 Å². The minimum atomic E-state index is -3.83. The van der Waals surface area contributed by atoms with Gasteiger partial charge in [0.2, 0.25) is 15.9 Å². The molecule has 1 heterocycles. The first-order valence-electron chi connectivity index (χ1n) is 9.03. The molecule has 1 saturated heterocycles. The summed E-state index contributed by atoms with van der Waals surface area (Å²) in [5, 5.41) is 0. The fourth-order valence-corrected chi connectivity index (χ4v) is 4.47. The van der Waals surface area contributed by atoms with Crippen LogP contribution in [0.3, 0.4) is 0 Å². The Labute approximate surface area is 160 Å². The molecule has 0 radical (unpaired) electrons. The molecule has 0 saturated carbocycles. The molecule has 0 unspecified atom stereocenters. The number of benzene rings is 1. The average Bonchev–Trinajstić information content (AvgIpc) is 2.60. The van der Waals surface area contributed by atoms with E-state index in [1.54, 1.807) is 31.7 Å². The quantitative estimate of drug-likeness (QED) is 0.714. The molecule has 27 heavy (non-hydrogen) atoms. The van der Waals surface area contributed by atoms with Crippen molar-refractivity contribution in [3.63, 3.8) is 0 Å². The smallest absolute Gasteiger partial charge is 0.253 e. The predicted octanol–water partition coefficient (Wildman–Crippen LogP) is 1.11. The Balaban J connectivity index is 2.29. The molecule has 1 aliphatic heterocycles. The molecule has 0 aromatic heterocycles. The molecule has 1 aromatic carbocycles. The summed E-state index contributed by atoms with van der Waals surface area (Å²) in [4.78, 5) is 25.6. The van der Waals surface area contributed by atoms with Crippen LogP contribution in [-0.2, 0) is 14.8 Å². The van der Waals surface area contributed by atoms with Crippen LogP contribution in [0.5, 0.6) is 5.75 Å². The predicted molar refractivity (Wildman–Crippen MR) is 101 cm³/mol. The van der Waals surface area contributed by atoms with Gasteiger partial charge in [-0.1, -0.05) is 0 Å². The van der Waals surface area contributed by atoms with Crippen molar-refractivity contribution < 1.29 is 22.7 Å². The van der Waals surface area contributed by atoms with Gasteiger partial charge in [-0.15, -0.1) is 0 Å². The molecule has 2 amide bonds. The van der Waals surface area contributed by atoms with Gasteiger partial charge in [0.05, 0.1) is 6.61 Å². The summed E-state index contributed by atoms with van der Waals surface area (Å²) >= 11 is 0. The molecule has 1 aliphatic rings. The molecule has 150 valence electrons. The maximum atomic E-state index is 12.8. The molecule has 2 rings (SSSR count). The average molecular weight is 397 g/mol. The molecule has 9 heteroatoms. The zero-order valence-corrected chi connectivity index (χ0v) is 16.7. The number of nitrogens with two attached hydrogens (primary N) is 1. The highest BCUT2D eigenvalue weighted by molar-refractivity contribution is 7.89. The monoisotopic (exact) mass is 397 g/mol. The molecule has 0 spiro atoms. The van der Waals surface area contributed by atoms with Gasteiger partial charge in [0, 0.05) is 30.6 Å². The molecule has 3 N–H and O–H groups in total. The van der Waals surface area contributed by atoms with Crippen molar-refractivity contribution >= 4 is 21.8 Å². The number of primary amides is 1. The van der Waals surface area contributed by atoms with E-state index in [4.69, 9.17) is 10.5 Å². The number of amides is 2. The lowest BCUT2D eigenvalue weighted by Crippen LogP contribution is -2.41. The van der Waals surface area contributed by atoms with E-state index < -0.39 is 10.0 Å². The number of piperidine rings is 1. The van der Waals surface area contributed by atoms with Crippen LogP contribution >= 0.6 is 0 Å². The van der Waals surface area contributed by atoms with Gasteiger partial charge in [0.15, 0.2) is 0 Å². The van der Waals surface area contributed by atoms with E-state index in [9.17, 15) is 18.0 Å². The number of ether oxygens (including phenoxy) is 1. The second kappa shape index (κ2) is 8.71. The van der Waals surface area contributed by atoms with Crippen molar-refractivity contribution in [2.45, 2.75) is 44.6 Å². The molecular formula is C18H27N3O5S. The molecule has 0 bridgehead atoms. The number of hydrogen-bond donors (Lipinski definition) is 2. The van der Waals surface area contributed by atoms with Crippen molar-refractivity contribution in [1.82, 2.24) is 9.62 Å². The fourth-order valence-electron chi connectivity index (χ4n) is 3.05. The van der Waals surface area contributed by atoms with Crippen LogP contribution in [0.2, 0.25) is 0 Å². The highest BCUT2D eigenvalue weighted by Crippen LogP contribution is 2.27. The van der Waals surface area contributed by atoms with Crippen LogP contribution < -0.4 is 15.2 Å². The minimum absolute atomic E-state index is 0.0593. The first-order valence-corrected chi connectivity index (χ1v) is 10.5. The maximum absolute atomic E-state index is 12.8. The van der Waals surface area contributed by atoms with Crippen LogP contribution in [-0.4, -0.2) is 50.9 Å². The number of likely N-dealkylation sites (tertiary alicyclic amines) is 1. The summed E-state index contributed by atoms with van der Waals surface area (Å²) in [6, 6.07) is 4.11. The van der Waals surface area contributed by atoms with Gasteiger partial charge in [-0.2, -0.15) is 0 Å². The summed E-state index contributed by atoms with van der Waals surface area (Å²) in [6.45, 7) is 6.32. The first kappa shape index (κ1) is 21.2. The lowest BCUT2D eigenvalue weighted by molar-refractivity contribution is -0.123. The van der Waals surface area contributed by atoms with E-state index >= 15 is 0 Å². The van der Waals surface area contributed by atoms with Crippen molar-refractivity contribution in [1.29, 1.82) is 0 Å². The van der Waals surface area contributed by atoms with Crippen LogP contribution in [0.25, 0.3) is 0 Å². The minimum Gasteiger partial charge on any atom is -0.492 e. The largest absolute Gasteiger partial charge is 0.492 e. The third-order valence-electron chi connectivity index (χ3n) is 4.36. The number of hydrogen-bond acceptors (Lipinski definition) is 5. The Kier molecular flexibility index (Phi) is 6.83. The second-order valence-corrected chi connectivity index (χ2v) is 8.52. The SMILES string of the molecule is CCOc1ccc(C(=O)N2CCC(C(N)=O)CC2)cc1S(=O)(=O)NC(C)C.